The Balaban J connectivity index is 1.92. The first kappa shape index (κ1) is 20.9. The van der Waals surface area contributed by atoms with E-state index in [2.05, 4.69) is 4.37 Å². The van der Waals surface area contributed by atoms with Crippen LogP contribution in [0.5, 0.6) is 5.75 Å². The molecule has 0 spiro atoms. The van der Waals surface area contributed by atoms with E-state index in [9.17, 15) is 22.8 Å². The fourth-order valence-corrected chi connectivity index (χ4v) is 4.15. The lowest BCUT2D eigenvalue weighted by molar-refractivity contribution is -0.144. The van der Waals surface area contributed by atoms with E-state index in [0.29, 0.717) is 32.0 Å². The van der Waals surface area contributed by atoms with Gasteiger partial charge in [0.05, 0.1) is 23.2 Å². The van der Waals surface area contributed by atoms with E-state index in [4.69, 9.17) is 4.74 Å². The molecular formula is C21H16F3N3O3S. The molecule has 0 atom stereocenters. The van der Waals surface area contributed by atoms with Crippen molar-refractivity contribution in [1.29, 1.82) is 0 Å². The minimum Gasteiger partial charge on any atom is -0.496 e. The van der Waals surface area contributed by atoms with E-state index in [-0.39, 0.29) is 5.69 Å². The average Bonchev–Trinajstić information content (AvgIpc) is 3.14. The highest BCUT2D eigenvalue weighted by molar-refractivity contribution is 7.13. The zero-order chi connectivity index (χ0) is 22.5. The van der Waals surface area contributed by atoms with Crippen LogP contribution in [-0.2, 0) is 13.2 Å². The minimum absolute atomic E-state index is 0.160. The zero-order valence-electron chi connectivity index (χ0n) is 16.6. The molecule has 10 heteroatoms. The first-order valence-corrected chi connectivity index (χ1v) is 9.84. The standard InChI is InChI=1S/C21H16F3N3O3S/c1-11-4-5-12(8-15(11)30-3)19-14-9-13(6-7-16(14)31-25-19)27-18(28)10-17(21(22,23)24)26(2)20(27)29/h4-10H,1-3H3. The molecule has 0 saturated carbocycles. The molecule has 6 nitrogen and oxygen atoms in total. The number of aryl methyl sites for hydroxylation is 1. The molecule has 0 saturated heterocycles. The molecule has 31 heavy (non-hydrogen) atoms. The van der Waals surface area contributed by atoms with Crippen LogP contribution in [0.2, 0.25) is 0 Å². The first-order chi connectivity index (χ1) is 14.6. The zero-order valence-corrected chi connectivity index (χ0v) is 17.5. The predicted molar refractivity (Wildman–Crippen MR) is 112 cm³/mol. The van der Waals surface area contributed by atoms with Crippen molar-refractivity contribution >= 4 is 21.6 Å². The molecule has 0 amide bonds. The van der Waals surface area contributed by atoms with Crippen LogP contribution in [-0.4, -0.2) is 20.6 Å². The summed E-state index contributed by atoms with van der Waals surface area (Å²) in [5.41, 5.74) is -0.934. The van der Waals surface area contributed by atoms with Crippen LogP contribution in [0.25, 0.3) is 27.0 Å². The number of aromatic nitrogens is 3. The largest absolute Gasteiger partial charge is 0.496 e. The number of hydrogen-bond donors (Lipinski definition) is 0. The third kappa shape index (κ3) is 3.52. The van der Waals surface area contributed by atoms with Gasteiger partial charge in [0.15, 0.2) is 0 Å². The molecule has 0 unspecified atom stereocenters. The number of benzene rings is 2. The van der Waals surface area contributed by atoms with Crippen molar-refractivity contribution in [2.75, 3.05) is 7.11 Å². The summed E-state index contributed by atoms with van der Waals surface area (Å²) in [5.74, 6) is 0.683. The van der Waals surface area contributed by atoms with E-state index in [0.717, 1.165) is 22.9 Å². The van der Waals surface area contributed by atoms with Gasteiger partial charge >= 0.3 is 11.9 Å². The number of halogens is 3. The van der Waals surface area contributed by atoms with Crippen LogP contribution >= 0.6 is 11.5 Å². The number of ether oxygens (including phenoxy) is 1. The Morgan fingerprint density at radius 2 is 1.81 bits per heavy atom. The van der Waals surface area contributed by atoms with Crippen LogP contribution in [0.1, 0.15) is 11.3 Å². The van der Waals surface area contributed by atoms with Gasteiger partial charge in [-0.25, -0.2) is 9.36 Å². The van der Waals surface area contributed by atoms with E-state index in [1.807, 2.05) is 25.1 Å². The first-order valence-electron chi connectivity index (χ1n) is 9.07. The van der Waals surface area contributed by atoms with E-state index in [1.165, 1.54) is 17.6 Å². The van der Waals surface area contributed by atoms with Gasteiger partial charge < -0.3 is 4.74 Å². The van der Waals surface area contributed by atoms with Crippen molar-refractivity contribution in [3.05, 3.63) is 74.6 Å². The van der Waals surface area contributed by atoms with Gasteiger partial charge in [-0.2, -0.15) is 17.5 Å². The number of fused-ring (bicyclic) bond motifs is 1. The van der Waals surface area contributed by atoms with Crippen molar-refractivity contribution in [1.82, 2.24) is 13.5 Å². The van der Waals surface area contributed by atoms with Crippen molar-refractivity contribution in [3.8, 4) is 22.7 Å². The lowest BCUT2D eigenvalue weighted by Crippen LogP contribution is -2.40. The van der Waals surface area contributed by atoms with Gasteiger partial charge in [0.25, 0.3) is 5.56 Å². The predicted octanol–water partition coefficient (Wildman–Crippen LogP) is 4.15. The topological polar surface area (TPSA) is 66.1 Å². The number of methoxy groups -OCH3 is 1. The minimum atomic E-state index is -4.81. The molecule has 2 heterocycles. The van der Waals surface area contributed by atoms with Gasteiger partial charge in [0, 0.05) is 24.1 Å². The molecule has 0 N–H and O–H groups in total. The lowest BCUT2D eigenvalue weighted by atomic mass is 10.1. The SMILES string of the molecule is COc1cc(-c2nsc3ccc(-n4c(=O)cc(C(F)(F)F)n(C)c4=O)cc23)ccc1C. The highest BCUT2D eigenvalue weighted by atomic mass is 32.1. The summed E-state index contributed by atoms with van der Waals surface area (Å²) in [6.45, 7) is 1.91. The molecule has 0 aliphatic carbocycles. The Bertz CT molecular complexity index is 1430. The molecule has 2 aromatic carbocycles. The summed E-state index contributed by atoms with van der Waals surface area (Å²) in [4.78, 5) is 25.0. The molecule has 0 radical (unpaired) electrons. The number of rotatable bonds is 3. The van der Waals surface area contributed by atoms with E-state index >= 15 is 0 Å². The smallest absolute Gasteiger partial charge is 0.431 e. The van der Waals surface area contributed by atoms with Gasteiger partial charge in [-0.3, -0.25) is 9.36 Å². The summed E-state index contributed by atoms with van der Waals surface area (Å²) < 4.78 is 51.1. The summed E-state index contributed by atoms with van der Waals surface area (Å²) in [6.07, 6.45) is -4.81. The summed E-state index contributed by atoms with van der Waals surface area (Å²) >= 11 is 1.24. The molecule has 0 aliphatic rings. The molecule has 0 bridgehead atoms. The summed E-state index contributed by atoms with van der Waals surface area (Å²) in [5, 5.41) is 0.669. The van der Waals surface area contributed by atoms with Crippen LogP contribution in [0.15, 0.2) is 52.1 Å². The van der Waals surface area contributed by atoms with Gasteiger partial charge in [0.2, 0.25) is 0 Å². The van der Waals surface area contributed by atoms with Gasteiger partial charge in [-0.1, -0.05) is 12.1 Å². The third-order valence-electron chi connectivity index (χ3n) is 5.00. The summed E-state index contributed by atoms with van der Waals surface area (Å²) in [6, 6.07) is 10.8. The number of alkyl halides is 3. The molecule has 4 rings (SSSR count). The molecule has 0 aliphatic heterocycles. The van der Waals surface area contributed by atoms with Gasteiger partial charge in [0.1, 0.15) is 11.4 Å². The number of nitrogens with zero attached hydrogens (tertiary/aromatic N) is 3. The summed E-state index contributed by atoms with van der Waals surface area (Å²) in [7, 11) is 2.55. The number of hydrogen-bond acceptors (Lipinski definition) is 5. The Labute approximate surface area is 177 Å². The van der Waals surface area contributed by atoms with Gasteiger partial charge in [-0.15, -0.1) is 0 Å². The van der Waals surface area contributed by atoms with Crippen molar-refractivity contribution < 1.29 is 17.9 Å². The molecule has 4 aromatic rings. The lowest BCUT2D eigenvalue weighted by Gasteiger charge is -2.14. The maximum absolute atomic E-state index is 13.1. The van der Waals surface area contributed by atoms with Crippen LogP contribution in [0, 0.1) is 6.92 Å². The fourth-order valence-electron chi connectivity index (χ4n) is 3.38. The fraction of sp³-hybridized carbons (Fsp3) is 0.190. The molecule has 0 fully saturated rings. The van der Waals surface area contributed by atoms with Crippen LogP contribution < -0.4 is 16.0 Å². The van der Waals surface area contributed by atoms with Crippen LogP contribution in [0.3, 0.4) is 0 Å². The van der Waals surface area contributed by atoms with Crippen LogP contribution in [0.4, 0.5) is 13.2 Å². The molecule has 160 valence electrons. The maximum atomic E-state index is 13.1. The second-order valence-corrected chi connectivity index (χ2v) is 7.74. The second kappa shape index (κ2) is 7.38. The quantitative estimate of drug-likeness (QED) is 0.473. The highest BCUT2D eigenvalue weighted by Gasteiger charge is 2.35. The van der Waals surface area contributed by atoms with E-state index < -0.39 is 23.1 Å². The molecule has 2 aromatic heterocycles. The normalized spacial score (nSPS) is 11.8. The maximum Gasteiger partial charge on any atom is 0.431 e. The highest BCUT2D eigenvalue weighted by Crippen LogP contribution is 2.34. The van der Waals surface area contributed by atoms with Crippen molar-refractivity contribution in [3.63, 3.8) is 0 Å². The monoisotopic (exact) mass is 447 g/mol. The van der Waals surface area contributed by atoms with Crippen molar-refractivity contribution in [2.24, 2.45) is 7.05 Å². The second-order valence-electron chi connectivity index (χ2n) is 6.94. The Morgan fingerprint density at radius 1 is 1.06 bits per heavy atom. The molecular weight excluding hydrogens is 431 g/mol. The average molecular weight is 447 g/mol. The van der Waals surface area contributed by atoms with Gasteiger partial charge in [-0.05, 0) is 48.3 Å². The Kier molecular flexibility index (Phi) is 4.97. The Morgan fingerprint density at radius 3 is 2.48 bits per heavy atom. The van der Waals surface area contributed by atoms with Crippen molar-refractivity contribution in [2.45, 2.75) is 13.1 Å². The van der Waals surface area contributed by atoms with E-state index in [1.54, 1.807) is 19.2 Å². The third-order valence-corrected chi connectivity index (χ3v) is 5.83. The Hall–Kier alpha value is -3.40.